The van der Waals surface area contributed by atoms with Gasteiger partial charge in [-0.3, -0.25) is 0 Å². The van der Waals surface area contributed by atoms with Crippen molar-refractivity contribution in [2.75, 3.05) is 0 Å². The van der Waals surface area contributed by atoms with Gasteiger partial charge in [-0.25, -0.2) is 0 Å². The molecule has 0 unspecified atom stereocenters. The molecular formula is H703IKNS2V3W7Y3. The molecule has 0 bridgehead atoms. The average molecular weight is 2660 g/mol. The molecule has 0 atom stereocenters. The van der Waals surface area contributed by atoms with E-state index in [0.29, 0.717) is 0 Å². The Kier molecular flexibility index (Phi) is 1380. The number of hydrogen-bond acceptors (Lipinski definition) is 1. The van der Waals surface area contributed by atoms with Gasteiger partial charge in [-0.2, -0.15) is 27.0 Å². The summed E-state index contributed by atoms with van der Waals surface area (Å²) >= 11 is 0. The Balaban J connectivity index is 0. The molecule has 0 heterocycles. The second-order valence-corrected chi connectivity index (χ2v) is 0. The van der Waals surface area contributed by atoms with E-state index in [-0.39, 0.29) is 906 Å². The third-order valence-electron chi connectivity index (χ3n) is 0. The first-order valence-corrected chi connectivity index (χ1v) is 0. The van der Waals surface area contributed by atoms with Crippen molar-refractivity contribution in [2.45, 2.75) is 0 Å². The predicted molar refractivity (Wildman–Crippen MR) is 776 cm³/mol. The summed E-state index contributed by atoms with van der Waals surface area (Å²) < 4.78 is 0. The van der Waals surface area contributed by atoms with Crippen LogP contribution < -0.4 is 57.5 Å². The van der Waals surface area contributed by atoms with Gasteiger partial charge in [0.25, 0.3) is 0 Å². The van der Waals surface area contributed by atoms with Crippen LogP contribution in [-0.2, 0) is 301 Å². The zero-order valence-electron chi connectivity index (χ0n) is 10.0. The molecule has 0 aromatic carbocycles. The van der Waals surface area contributed by atoms with Gasteiger partial charge >= 0.3 is 51.4 Å². The second kappa shape index (κ2) is 150. The molecule has 0 aliphatic heterocycles. The van der Waals surface area contributed by atoms with Crippen LogP contribution in [-0.4, -0.2) is 0 Å². The zero-order valence-corrected chi connectivity index (χ0v) is 49.7. The summed E-state index contributed by atoms with van der Waals surface area (Å²) in [6.45, 7) is 0. The first kappa shape index (κ1) is 166. The molecule has 6 radical (unpaired) electrons. The van der Waals surface area contributed by atoms with Gasteiger partial charge in [0, 0.05) is 796 Å². The van der Waals surface area contributed by atoms with E-state index in [1.165, 1.54) is 0 Å². The molecule has 0 aliphatic carbocycles. The summed E-state index contributed by atoms with van der Waals surface area (Å²) in [6, 6.07) is 0. The normalized spacial score (nSPS) is 0. The maximum absolute atomic E-state index is 0. The Morgan fingerprint density at radius 2 is 0.500 bits per heavy atom. The molecule has 0 saturated heterocycles. The molecule has 0 aromatic heterocycles. The molecular weight excluding hydrogens is 1950 g/mol. The maximum atomic E-state index is 0. The van der Waals surface area contributed by atoms with E-state index in [9.17, 15) is 0 Å². The van der Waals surface area contributed by atoms with Gasteiger partial charge in [-0.1, -0.05) is 0 Å². The summed E-state index contributed by atoms with van der Waals surface area (Å²) in [6.07, 6.45) is 0. The fraction of sp³-hybridized carbons (Fsp3) is 0. The van der Waals surface area contributed by atoms with E-state index < -0.39 is 0 Å². The first-order chi connectivity index (χ1) is 0. The third-order valence-corrected chi connectivity index (χ3v) is 0. The molecule has 0 spiro atoms. The molecule has 0 aliphatic rings. The van der Waals surface area contributed by atoms with Crippen molar-refractivity contribution in [1.29, 1.82) is 0 Å². The van der Waals surface area contributed by atoms with Crippen LogP contribution in [0, 0.1) is 0 Å². The quantitative estimate of drug-likeness (QED) is 0.190. The average Bonchev–Trinajstić information content (AvgIpc) is 0. The minimum absolute atomic E-state index is 0. The number of halogens is 1. The topological polar surface area (TPSA) is 35.0 Å². The van der Waals surface area contributed by atoms with Crippen LogP contribution in [0.1, 0.15) is 496 Å². The number of hydrogen-bond donors (Lipinski definition) is 1. The van der Waals surface area contributed by atoms with Crippen molar-refractivity contribution in [1.82, 2.24) is 6.15 Å². The minimum Gasteiger partial charge on any atom is -1.00 e. The van der Waals surface area contributed by atoms with Crippen LogP contribution in [0.4, 0.5) is 0 Å². The Labute approximate surface area is 914 Å². The van der Waals surface area contributed by atoms with E-state index in [2.05, 4.69) is 0 Å². The monoisotopic (exact) mass is 2660 g/mol. The number of rotatable bonds is 0. The van der Waals surface area contributed by atoms with E-state index in [0.717, 1.165) is 0 Å². The Bertz CT molecular complexity index is 147. The van der Waals surface area contributed by atoms with Crippen LogP contribution in [0.15, 0.2) is 0 Å². The van der Waals surface area contributed by atoms with Crippen LogP contribution in [0.25, 0.3) is 0 Å². The predicted octanol–water partition coefficient (Wildman–Crippen LogP) is 83.5. The van der Waals surface area contributed by atoms with E-state index >= 15 is 0 Å². The SMILES string of the molecule is I.N.S.S.[H-].[HH].[HH].[HH].[HH].[HH].[HH].[HH].[HH].[HH].[HH].[HH].[HH].[HH].[HH].[HH].[HH].[HH].[HH].[HH].[HH].[HH].[HH].[HH].[HH].[HH].[HH].[HH].[HH].[HH].[HH].[HH].[HH].[HH].[HH].[HH].[HH].[HH].[HH].[HH].[HH].[HH].[HH].[HH].[HH].[HH].[HH].[HH].[HH].[HH].[HH].[HH].[HH].[HH].[HH].[HH].[HH].[HH].[HH].[HH].[HH].[HH].[HH].[HH].[HH].[HH].[HH].[HH].[HH].[HH].[HH].[HH].[HH].[HH].[HH].[HH].[HH].[HH].[HH].[HH].[HH].[HH].[HH].[HH].[HH].[HH].[HH].[HH].[HH].[HH].[HH].[HH].[HH].[HH].[HH].[HH].[HH].[HH].[HH].[HH].[HH].[HH].[HH].[HH].[HH].[HH].[HH].[HH].[HH].[HH].[HH].[HH].[HH].[HH].[HH].[HH].[HH].[HH].[HH].[HH].[HH].[HH].[HH].[HH].[HH].[HH].[HH].[HH].[HH].[HH].[HH].[HH].[HH].[HH].[HH].[HH].[HH].[HH].[HH].[HH].[HH].[HH].[HH].[HH].[HH].[HH].[HH].[HH].[HH].[HH].[HH].[HH].[HH].[HH].[HH].[HH].[HH].[HH].[HH].[HH].[HH].[HH].[HH].[HH].[HH].[HH].[HH].[HH].[HH].[HH].[HH].[HH].[HH].[HH].[HH].[HH].[HH].[HH].[HH].[HH].[HH].[HH].[HH].[HH].[HH].[HH].[HH].[HH].[HH].[HH].[HH].[HH].[HH].[HH].[HH].[HH].[HH].[HH].[HH].[HH].[HH].[HH].[HH].[HH].[HH].[HH].[HH].[HH].[HH].[HH].[HH].[HH].[HH].[HH].[HH].[HH].[HH].[HH].[HH].[HH].[HH].[HH].[HH].[HH].[HH].[HH].[HH].[HH].[HH].[HH].[HH].[HH].[HH].[HH].[HH].[HH].[HH].[HH].[HH].[HH].[HH].[HH].[HH].[HH].[HH].[HH].[HH].[HH].[HH].[HH].[HH].[HH].[HH].[HH].[HH].[HH].[HH].[HH].[HH].[HH].[HH].[HH].[HH].[HH].[HH].[HH].[HH].[HH].[HH].[HH].[HH].[HH].[HH].[HH].[HH].[HH].[HH].[HH].[HH].[HH].[HH].[HH].[HH].[HH].[HH].[HH].[HH].[HH].[HH].[HH].[HH].[HH].[HH].[HH].[HH].[HH].[HH].[HH].[HH].[HH].[HH].[HH].[HH].[HH].[HH].[HH].[HH].[HH].[HH].[HH].[HH].[HH].[HH].[HH].[HH].[HH].[HH].[HH].[HH].[HH].[HH].[HH].[HH].[HH].[HH].[HH].[HH].[HH].[HH].[HH].[HH].[HH].[HH].[HH].[HH].[HH].[HH].[HH].[HH].[HH].[HH].[HH].[HH].[HH].[HH].[HH].[HH].[HH].[K+].[V].[V].[V].[W].[W].[W].[W].[W].[W].[W].[Y].[Y].[Y]. The first-order valence-electron chi connectivity index (χ1n) is 0. The Hall–Kier alpha value is 12.9. The molecule has 0 fully saturated rings. The largest absolute Gasteiger partial charge is 1.00 e. The fourth-order valence-corrected chi connectivity index (χ4v) is 0. The summed E-state index contributed by atoms with van der Waals surface area (Å²) in [4.78, 5) is 0. The fourth-order valence-electron chi connectivity index (χ4n) is 0. The van der Waals surface area contributed by atoms with Crippen molar-refractivity contribution in [3.63, 3.8) is 0 Å². The van der Waals surface area contributed by atoms with Gasteiger partial charge in [0.05, 0.1) is 0 Å². The molecule has 18 heavy (non-hydrogen) atoms. The van der Waals surface area contributed by atoms with Crippen LogP contribution in [0.5, 0.6) is 0 Å². The van der Waals surface area contributed by atoms with E-state index in [1.54, 1.807) is 0 Å². The molecule has 18 heteroatoms. The second-order valence-electron chi connectivity index (χ2n) is 0. The summed E-state index contributed by atoms with van der Waals surface area (Å²) in [5.41, 5.74) is 0. The minimum atomic E-state index is 0. The van der Waals surface area contributed by atoms with E-state index in [4.69, 9.17) is 0 Å². The molecule has 0 rings (SSSR count). The van der Waals surface area contributed by atoms with Gasteiger partial charge < -0.3 is 7.58 Å². The van der Waals surface area contributed by atoms with Crippen molar-refractivity contribution < 1.29 is 849 Å². The van der Waals surface area contributed by atoms with Crippen LogP contribution >= 0.6 is 51.0 Å². The van der Waals surface area contributed by atoms with Crippen LogP contribution in [0.2, 0.25) is 0 Å². The van der Waals surface area contributed by atoms with Crippen molar-refractivity contribution >= 4 is 51.0 Å². The zero-order chi connectivity index (χ0) is 0. The molecule has 794 valence electrons. The third kappa shape index (κ3) is 135. The molecule has 3 N–H and O–H groups in total. The molecule has 0 saturated carbocycles. The molecule has 0 aromatic rings. The smallest absolute Gasteiger partial charge is 1.00 e. The van der Waals surface area contributed by atoms with Gasteiger partial charge in [0.1, 0.15) is 0 Å². The van der Waals surface area contributed by atoms with Crippen molar-refractivity contribution in [3.05, 3.63) is 0 Å². The Morgan fingerprint density at radius 1 is 0.500 bits per heavy atom. The van der Waals surface area contributed by atoms with Crippen LogP contribution in [0.3, 0.4) is 0 Å². The van der Waals surface area contributed by atoms with Gasteiger partial charge in [-0.15, -0.1) is 24.0 Å². The van der Waals surface area contributed by atoms with Crippen molar-refractivity contribution in [2.24, 2.45) is 0 Å². The van der Waals surface area contributed by atoms with E-state index in [1.807, 2.05) is 0 Å². The summed E-state index contributed by atoms with van der Waals surface area (Å²) in [7, 11) is 0. The molecule has 0 amide bonds. The van der Waals surface area contributed by atoms with Gasteiger partial charge in [-0.05, 0) is 0 Å². The molecule has 1 nitrogen and oxygen atoms in total. The summed E-state index contributed by atoms with van der Waals surface area (Å²) in [5.74, 6) is 0. The van der Waals surface area contributed by atoms with Crippen molar-refractivity contribution in [3.8, 4) is 0 Å². The standard InChI is InChI=1S/HI.K.H3N.2H2S.3V.7W.3Y.347H2.H/h1H;;1H3;2*1H2;;;;;;;;;;;;;;347*1H;/q;+1;;;;;;;;;;;;;;;;;;;;;;;;;;;;;;;;;;;;;;;;;;;;;;;;;;;;;;;;;;;;;;;;;;;;;;;;;;;;;;;;;;;;;;;;;;;;;;;;;;;;;;;;;;;;;;;;;;;;;;;;;;;;;;;;;;;;;;;;;;;;;;;;;;;;;;;;;;;;;;;;;;;;;;;;;;;;;;;;;;;;;;;;;;;;;;;;;;;;;;;;;;;;;;;;;;;;;;;;;;;;;;;;;;;;;;;;;;;;;;;;;;;;;;;;;;;;;;;;;;;;;;;;;;;;;;;;;;;;;;;;;;;;;;;;;;;;;;;;;;;;;;;;;;;;;;;;;;;;;;;;;;;;;;;;;;;;;;;;;;;;;;;;;;;;;;;;;;;;;;;;;;;;-1. The van der Waals surface area contributed by atoms with Gasteiger partial charge in [0.2, 0.25) is 0 Å². The maximum Gasteiger partial charge on any atom is 1.00 e. The summed E-state index contributed by atoms with van der Waals surface area (Å²) in [5, 5.41) is 0. The van der Waals surface area contributed by atoms with Gasteiger partial charge in [0.15, 0.2) is 0 Å². The Morgan fingerprint density at radius 3 is 0.500 bits per heavy atom.